The Hall–Kier alpha value is -1.93. The summed E-state index contributed by atoms with van der Waals surface area (Å²) in [5.74, 6) is -0.0363. The van der Waals surface area contributed by atoms with Crippen LogP contribution in [0, 0.1) is 18.8 Å². The van der Waals surface area contributed by atoms with Gasteiger partial charge in [-0.05, 0) is 55.7 Å². The number of amides is 1. The highest BCUT2D eigenvalue weighted by molar-refractivity contribution is 7.89. The van der Waals surface area contributed by atoms with Crippen molar-refractivity contribution in [3.63, 3.8) is 0 Å². The summed E-state index contributed by atoms with van der Waals surface area (Å²) in [4.78, 5) is 27.0. The third-order valence-corrected chi connectivity index (χ3v) is 7.82. The number of carbonyl (C=O) groups excluding carboxylic acids is 2. The Bertz CT molecular complexity index is 883. The van der Waals surface area contributed by atoms with Crippen molar-refractivity contribution in [2.45, 2.75) is 51.3 Å². The van der Waals surface area contributed by atoms with Gasteiger partial charge in [0, 0.05) is 26.2 Å². The summed E-state index contributed by atoms with van der Waals surface area (Å²) in [5.41, 5.74) is 0.798. The van der Waals surface area contributed by atoms with Crippen molar-refractivity contribution in [2.75, 3.05) is 32.8 Å². The molecule has 0 N–H and O–H groups in total. The van der Waals surface area contributed by atoms with Crippen LogP contribution in [0.2, 0.25) is 0 Å². The van der Waals surface area contributed by atoms with Crippen molar-refractivity contribution >= 4 is 21.9 Å². The zero-order valence-corrected chi connectivity index (χ0v) is 18.9. The molecular weight excluding hydrogens is 404 g/mol. The topological polar surface area (TPSA) is 84.0 Å². The third kappa shape index (κ3) is 5.21. The molecule has 2 heterocycles. The smallest absolute Gasteiger partial charge is 0.338 e. The molecule has 166 valence electrons. The summed E-state index contributed by atoms with van der Waals surface area (Å²) < 4.78 is 32.6. The van der Waals surface area contributed by atoms with Gasteiger partial charge in [-0.1, -0.05) is 26.3 Å². The SMILES string of the molecule is Cc1ccc(S(=O)(=O)N2CCCCC2)cc1C(=O)OCC(=O)N1C[C@@H](C)C[C@H](C)C1. The lowest BCUT2D eigenvalue weighted by Gasteiger charge is -2.34. The van der Waals surface area contributed by atoms with Gasteiger partial charge in [0.25, 0.3) is 5.91 Å². The molecule has 0 spiro atoms. The minimum absolute atomic E-state index is 0.0898. The number of aryl methyl sites for hydroxylation is 1. The van der Waals surface area contributed by atoms with Crippen LogP contribution in [-0.2, 0) is 19.6 Å². The van der Waals surface area contributed by atoms with Gasteiger partial charge in [-0.3, -0.25) is 4.79 Å². The molecule has 0 bridgehead atoms. The molecule has 2 fully saturated rings. The van der Waals surface area contributed by atoms with Gasteiger partial charge in [0.1, 0.15) is 0 Å². The molecule has 1 amide bonds. The second kappa shape index (κ2) is 9.47. The summed E-state index contributed by atoms with van der Waals surface area (Å²) in [6, 6.07) is 4.51. The second-order valence-corrected chi connectivity index (χ2v) is 10.7. The maximum atomic E-state index is 12.9. The van der Waals surface area contributed by atoms with E-state index in [-0.39, 0.29) is 23.0 Å². The molecule has 1 aromatic rings. The van der Waals surface area contributed by atoms with Crippen LogP contribution >= 0.6 is 0 Å². The first kappa shape index (κ1) is 22.7. The van der Waals surface area contributed by atoms with Gasteiger partial charge in [-0.15, -0.1) is 0 Å². The molecule has 2 atom stereocenters. The van der Waals surface area contributed by atoms with E-state index >= 15 is 0 Å². The van der Waals surface area contributed by atoms with Crippen LogP contribution in [-0.4, -0.2) is 62.3 Å². The largest absolute Gasteiger partial charge is 0.452 e. The van der Waals surface area contributed by atoms with Gasteiger partial charge in [0.15, 0.2) is 6.61 Å². The Kier molecular flexibility index (Phi) is 7.18. The van der Waals surface area contributed by atoms with E-state index in [9.17, 15) is 18.0 Å². The van der Waals surface area contributed by atoms with Crippen molar-refractivity contribution in [1.82, 2.24) is 9.21 Å². The number of piperidine rings is 2. The van der Waals surface area contributed by atoms with E-state index in [1.54, 1.807) is 17.9 Å². The molecule has 0 radical (unpaired) electrons. The van der Waals surface area contributed by atoms with Gasteiger partial charge in [-0.25, -0.2) is 13.2 Å². The van der Waals surface area contributed by atoms with Gasteiger partial charge in [-0.2, -0.15) is 4.31 Å². The van der Waals surface area contributed by atoms with Crippen molar-refractivity contribution < 1.29 is 22.7 Å². The van der Waals surface area contributed by atoms with E-state index in [4.69, 9.17) is 4.74 Å². The fourth-order valence-electron chi connectivity index (χ4n) is 4.40. The summed E-state index contributed by atoms with van der Waals surface area (Å²) in [6.07, 6.45) is 3.80. The minimum atomic E-state index is -3.65. The maximum Gasteiger partial charge on any atom is 0.338 e. The normalized spacial score (nSPS) is 23.2. The molecule has 8 heteroatoms. The van der Waals surface area contributed by atoms with Crippen molar-refractivity contribution in [1.29, 1.82) is 0 Å². The van der Waals surface area contributed by atoms with E-state index in [1.807, 2.05) is 0 Å². The molecular formula is C22H32N2O5S. The molecule has 1 aromatic carbocycles. The summed E-state index contributed by atoms with van der Waals surface area (Å²) in [6.45, 7) is 7.95. The highest BCUT2D eigenvalue weighted by Crippen LogP contribution is 2.24. The number of esters is 1. The quantitative estimate of drug-likeness (QED) is 0.663. The average Bonchev–Trinajstić information content (AvgIpc) is 2.71. The molecule has 0 aromatic heterocycles. The first-order valence-electron chi connectivity index (χ1n) is 10.7. The van der Waals surface area contributed by atoms with Crippen molar-refractivity contribution in [3.8, 4) is 0 Å². The van der Waals surface area contributed by atoms with Crippen LogP contribution in [0.3, 0.4) is 0 Å². The highest BCUT2D eigenvalue weighted by atomic mass is 32.2. The molecule has 2 aliphatic heterocycles. The van der Waals surface area contributed by atoms with E-state index in [2.05, 4.69) is 13.8 Å². The first-order chi connectivity index (χ1) is 14.2. The fraction of sp³-hybridized carbons (Fsp3) is 0.636. The van der Waals surface area contributed by atoms with Crippen LogP contribution in [0.15, 0.2) is 23.1 Å². The van der Waals surface area contributed by atoms with Crippen LogP contribution in [0.5, 0.6) is 0 Å². The zero-order valence-electron chi connectivity index (χ0n) is 18.1. The Morgan fingerprint density at radius 1 is 1.07 bits per heavy atom. The summed E-state index contributed by atoms with van der Waals surface area (Å²) in [5, 5.41) is 0. The lowest BCUT2D eigenvalue weighted by molar-refractivity contribution is -0.137. The van der Waals surface area contributed by atoms with Gasteiger partial charge < -0.3 is 9.64 Å². The third-order valence-electron chi connectivity index (χ3n) is 5.93. The first-order valence-corrected chi connectivity index (χ1v) is 12.2. The van der Waals surface area contributed by atoms with E-state index in [0.29, 0.717) is 43.6 Å². The number of rotatable bonds is 5. The number of hydrogen-bond donors (Lipinski definition) is 0. The molecule has 0 unspecified atom stereocenters. The monoisotopic (exact) mass is 436 g/mol. The lowest BCUT2D eigenvalue weighted by Crippen LogP contribution is -2.44. The van der Waals surface area contributed by atoms with Crippen molar-refractivity contribution in [3.05, 3.63) is 29.3 Å². The van der Waals surface area contributed by atoms with Crippen LogP contribution in [0.25, 0.3) is 0 Å². The predicted octanol–water partition coefficient (Wildman–Crippen LogP) is 2.83. The van der Waals surface area contributed by atoms with Crippen molar-refractivity contribution in [2.24, 2.45) is 11.8 Å². The number of sulfonamides is 1. The van der Waals surface area contributed by atoms with Gasteiger partial charge >= 0.3 is 5.97 Å². The van der Waals surface area contributed by atoms with Crippen LogP contribution in [0.1, 0.15) is 55.5 Å². The molecule has 0 aliphatic carbocycles. The van der Waals surface area contributed by atoms with Gasteiger partial charge in [0.05, 0.1) is 10.5 Å². The molecule has 2 aliphatic rings. The summed E-state index contributed by atoms with van der Waals surface area (Å²) >= 11 is 0. The minimum Gasteiger partial charge on any atom is -0.452 e. The van der Waals surface area contributed by atoms with Crippen LogP contribution in [0.4, 0.5) is 0 Å². The molecule has 3 rings (SSSR count). The molecule has 7 nitrogen and oxygen atoms in total. The van der Waals surface area contributed by atoms with Crippen LogP contribution < -0.4 is 0 Å². The standard InChI is InChI=1S/C22H32N2O5S/c1-16-11-17(2)14-23(13-16)21(25)15-29-22(26)20-12-19(8-7-18(20)3)30(27,28)24-9-5-4-6-10-24/h7-8,12,16-17H,4-6,9-11,13-15H2,1-3H3/t16-,17-/m0/s1. The Labute approximate surface area is 179 Å². The number of ether oxygens (including phenoxy) is 1. The Morgan fingerprint density at radius 2 is 1.70 bits per heavy atom. The zero-order chi connectivity index (χ0) is 21.9. The second-order valence-electron chi connectivity index (χ2n) is 8.76. The lowest BCUT2D eigenvalue weighted by atomic mass is 9.92. The van der Waals surface area contributed by atoms with E-state index in [0.717, 1.165) is 25.7 Å². The highest BCUT2D eigenvalue weighted by Gasteiger charge is 2.28. The predicted molar refractivity (Wildman–Crippen MR) is 114 cm³/mol. The average molecular weight is 437 g/mol. The molecule has 30 heavy (non-hydrogen) atoms. The van der Waals surface area contributed by atoms with E-state index in [1.165, 1.54) is 16.4 Å². The number of carbonyl (C=O) groups is 2. The molecule has 0 saturated carbocycles. The number of benzene rings is 1. The van der Waals surface area contributed by atoms with Gasteiger partial charge in [0.2, 0.25) is 10.0 Å². The van der Waals surface area contributed by atoms with E-state index < -0.39 is 16.0 Å². The number of nitrogens with zero attached hydrogens (tertiary/aromatic N) is 2. The maximum absolute atomic E-state index is 12.9. The number of hydrogen-bond acceptors (Lipinski definition) is 5. The Balaban J connectivity index is 1.68. The summed E-state index contributed by atoms with van der Waals surface area (Å²) in [7, 11) is -3.65. The Morgan fingerprint density at radius 3 is 2.33 bits per heavy atom. The number of likely N-dealkylation sites (tertiary alicyclic amines) is 1. The fourth-order valence-corrected chi connectivity index (χ4v) is 5.94. The molecule has 2 saturated heterocycles.